The van der Waals surface area contributed by atoms with E-state index in [4.69, 9.17) is 11.3 Å². The summed E-state index contributed by atoms with van der Waals surface area (Å²) in [5, 5.41) is 8.38. The molecule has 0 unspecified atom stereocenters. The smallest absolute Gasteiger partial charge is 0.136 e. The van der Waals surface area contributed by atoms with Crippen LogP contribution in [0.1, 0.15) is 6.85 Å². The molecule has 0 spiro atoms. The van der Waals surface area contributed by atoms with E-state index in [-0.39, 0.29) is 29.7 Å². The summed E-state index contributed by atoms with van der Waals surface area (Å²) in [5.74, 6) is 0. The molecule has 200 valence electrons. The quantitative estimate of drug-likeness (QED) is 0.199. The Morgan fingerprint density at radius 2 is 0.977 bits per heavy atom. The van der Waals surface area contributed by atoms with E-state index in [2.05, 4.69) is 66.7 Å². The van der Waals surface area contributed by atoms with Crippen molar-refractivity contribution >= 4 is 54.3 Å². The van der Waals surface area contributed by atoms with Crippen molar-refractivity contribution in [3.05, 3.63) is 158 Å². The number of hydrogen-bond donors (Lipinski definition) is 0. The Kier molecular flexibility index (Phi) is 4.27. The number of fused-ring (bicyclic) bond motifs is 6. The summed E-state index contributed by atoms with van der Waals surface area (Å²) in [6, 6.07) is 41.9. The Morgan fingerprint density at radius 1 is 0.395 bits per heavy atom. The van der Waals surface area contributed by atoms with Crippen molar-refractivity contribution in [3.8, 4) is 33.4 Å². The average molecular weight is 552 g/mol. The van der Waals surface area contributed by atoms with Gasteiger partial charge in [0.05, 0.1) is 6.85 Å². The van der Waals surface area contributed by atoms with Crippen LogP contribution < -0.4 is 0 Å². The molecule has 0 radical (unpaired) electrons. The topological polar surface area (TPSA) is 13.1 Å². The highest BCUT2D eigenvalue weighted by Crippen LogP contribution is 2.47. The largest absolute Gasteiger partial charge is 0.456 e. The maximum atomic E-state index is 8.75. The molecule has 1 heterocycles. The van der Waals surface area contributed by atoms with Gasteiger partial charge in [-0.3, -0.25) is 0 Å². The molecule has 0 aliphatic carbocycles. The van der Waals surface area contributed by atoms with E-state index in [0.717, 1.165) is 76.5 Å². The van der Waals surface area contributed by atoms with Gasteiger partial charge in [0.2, 0.25) is 0 Å². The first-order valence-corrected chi connectivity index (χ1v) is 14.4. The molecular formula is C42H26O. The Hall–Kier alpha value is -5.66. The highest BCUT2D eigenvalue weighted by molar-refractivity contribution is 6.24. The van der Waals surface area contributed by atoms with Gasteiger partial charge in [0.1, 0.15) is 11.2 Å². The molecule has 1 nitrogen and oxygen atoms in total. The molecule has 0 aliphatic heterocycles. The first-order chi connectivity index (χ1) is 23.4. The van der Waals surface area contributed by atoms with Crippen LogP contribution in [-0.4, -0.2) is 0 Å². The Balaban J connectivity index is 1.39. The Bertz CT molecular complexity index is 2710. The maximum Gasteiger partial charge on any atom is 0.136 e. The van der Waals surface area contributed by atoms with E-state index < -0.39 is 6.04 Å². The zero-order valence-corrected chi connectivity index (χ0v) is 23.0. The van der Waals surface area contributed by atoms with Gasteiger partial charge in [-0.25, -0.2) is 0 Å². The zero-order chi connectivity index (χ0) is 32.7. The van der Waals surface area contributed by atoms with E-state index in [9.17, 15) is 0 Å². The molecule has 0 aliphatic rings. The molecule has 0 atom stereocenters. The molecule has 9 aromatic rings. The van der Waals surface area contributed by atoms with Crippen LogP contribution in [0, 0.1) is 0 Å². The van der Waals surface area contributed by atoms with Gasteiger partial charge in [-0.1, -0.05) is 127 Å². The van der Waals surface area contributed by atoms with Gasteiger partial charge in [0.15, 0.2) is 0 Å². The normalized spacial score (nSPS) is 13.3. The van der Waals surface area contributed by atoms with Gasteiger partial charge in [-0.15, -0.1) is 0 Å². The van der Waals surface area contributed by atoms with Crippen LogP contribution >= 0.6 is 0 Å². The van der Waals surface area contributed by atoms with E-state index in [1.165, 1.54) is 0 Å². The fourth-order valence-electron chi connectivity index (χ4n) is 6.67. The van der Waals surface area contributed by atoms with Crippen molar-refractivity contribution in [1.82, 2.24) is 0 Å². The van der Waals surface area contributed by atoms with Crippen molar-refractivity contribution in [2.75, 3.05) is 0 Å². The van der Waals surface area contributed by atoms with Gasteiger partial charge in [-0.05, 0) is 96.0 Å². The molecule has 1 aromatic heterocycles. The van der Waals surface area contributed by atoms with Crippen LogP contribution in [0.5, 0.6) is 0 Å². The monoisotopic (exact) mass is 551 g/mol. The number of para-hydroxylation sites is 1. The van der Waals surface area contributed by atoms with Crippen LogP contribution in [0.25, 0.3) is 87.6 Å². The fraction of sp³-hybridized carbons (Fsp3) is 0. The number of rotatable bonds is 3. The summed E-state index contributed by atoms with van der Waals surface area (Å²) in [7, 11) is 0. The maximum absolute atomic E-state index is 8.75. The van der Waals surface area contributed by atoms with Gasteiger partial charge < -0.3 is 4.42 Å². The molecule has 0 saturated heterocycles. The summed E-state index contributed by atoms with van der Waals surface area (Å²) >= 11 is 0. The van der Waals surface area contributed by atoms with Gasteiger partial charge in [-0.2, -0.15) is 0 Å². The van der Waals surface area contributed by atoms with Crippen molar-refractivity contribution < 1.29 is 11.3 Å². The summed E-state index contributed by atoms with van der Waals surface area (Å²) in [6.45, 7) is 0. The first kappa shape index (κ1) is 19.5. The second kappa shape index (κ2) is 9.44. The second-order valence-electron chi connectivity index (χ2n) is 10.9. The van der Waals surface area contributed by atoms with E-state index in [1.54, 1.807) is 0 Å². The van der Waals surface area contributed by atoms with Crippen LogP contribution in [0.2, 0.25) is 0 Å². The van der Waals surface area contributed by atoms with Crippen LogP contribution in [0.3, 0.4) is 0 Å². The highest BCUT2D eigenvalue weighted by Gasteiger charge is 2.19. The Morgan fingerprint density at radius 3 is 1.70 bits per heavy atom. The first-order valence-electron chi connectivity index (χ1n) is 16.9. The molecule has 0 saturated carbocycles. The molecular weight excluding hydrogens is 520 g/mol. The minimum absolute atomic E-state index is 0.192. The average Bonchev–Trinajstić information content (AvgIpc) is 3.50. The summed E-state index contributed by atoms with van der Waals surface area (Å²) < 4.78 is 48.7. The van der Waals surface area contributed by atoms with Crippen molar-refractivity contribution in [3.63, 3.8) is 0 Å². The lowest BCUT2D eigenvalue weighted by atomic mass is 9.83. The third-order valence-electron chi connectivity index (χ3n) is 8.52. The number of furan rings is 1. The highest BCUT2D eigenvalue weighted by atomic mass is 16.3. The summed E-state index contributed by atoms with van der Waals surface area (Å²) in [5.41, 5.74) is 6.59. The molecule has 43 heavy (non-hydrogen) atoms. The molecule has 9 rings (SSSR count). The third-order valence-corrected chi connectivity index (χ3v) is 8.52. The predicted molar refractivity (Wildman–Crippen MR) is 183 cm³/mol. The lowest BCUT2D eigenvalue weighted by Crippen LogP contribution is -1.92. The molecule has 0 bridgehead atoms. The van der Waals surface area contributed by atoms with Gasteiger partial charge >= 0.3 is 0 Å². The van der Waals surface area contributed by atoms with E-state index in [0.29, 0.717) is 5.56 Å². The summed E-state index contributed by atoms with van der Waals surface area (Å²) in [4.78, 5) is 0. The Labute approximate surface area is 256 Å². The van der Waals surface area contributed by atoms with E-state index >= 15 is 0 Å². The number of hydrogen-bond acceptors (Lipinski definition) is 1. The van der Waals surface area contributed by atoms with Gasteiger partial charge in [0, 0.05) is 10.8 Å². The minimum atomic E-state index is -0.400. The third kappa shape index (κ3) is 3.72. The fourth-order valence-corrected chi connectivity index (χ4v) is 6.67. The lowest BCUT2D eigenvalue weighted by molar-refractivity contribution is 0.669. The minimum Gasteiger partial charge on any atom is -0.456 e. The van der Waals surface area contributed by atoms with E-state index in [1.807, 2.05) is 60.7 Å². The molecule has 0 fully saturated rings. The van der Waals surface area contributed by atoms with Crippen LogP contribution in [0.4, 0.5) is 0 Å². The summed E-state index contributed by atoms with van der Waals surface area (Å²) in [6.07, 6.45) is 0. The molecule has 1 heteroatoms. The molecule has 8 aromatic carbocycles. The van der Waals surface area contributed by atoms with Crippen LogP contribution in [0.15, 0.2) is 162 Å². The van der Waals surface area contributed by atoms with Crippen molar-refractivity contribution in [2.45, 2.75) is 0 Å². The van der Waals surface area contributed by atoms with Crippen molar-refractivity contribution in [1.29, 1.82) is 0 Å². The standard InChI is InChI=1S/C42H26O/c1-2-12-27(13-3-1)30-24-28-14-4-5-15-31(28)38(25-30)42-36-19-8-6-17-34(36)41(35-18-7-9-20-37(35)42)29-22-23-33-32-16-10-11-21-39(32)43-40(33)26-29/h1-26H/i1D,2D,3D,12D,13D. The van der Waals surface area contributed by atoms with Crippen molar-refractivity contribution in [2.24, 2.45) is 0 Å². The molecule has 0 amide bonds. The molecule has 0 N–H and O–H groups in total. The SMILES string of the molecule is [2H]c1c([2H])c([2H])c(-c2cc(-c3c4ccccc4c(-c4ccc5c(c4)oc4ccccc45)c4ccccc34)c3ccccc3c2)c([2H])c1[2H]. The van der Waals surface area contributed by atoms with Crippen LogP contribution in [-0.2, 0) is 0 Å². The second-order valence-corrected chi connectivity index (χ2v) is 10.9. The zero-order valence-electron chi connectivity index (χ0n) is 28.0. The predicted octanol–water partition coefficient (Wildman–Crippen LogP) is 12.0. The lowest BCUT2D eigenvalue weighted by Gasteiger charge is -2.19. The number of benzene rings is 8. The van der Waals surface area contributed by atoms with Gasteiger partial charge in [0.25, 0.3) is 0 Å².